The highest BCUT2D eigenvalue weighted by Crippen LogP contribution is 2.26. The maximum atomic E-state index is 6.22. The third-order valence-electron chi connectivity index (χ3n) is 3.93. The largest absolute Gasteiger partial charge is 0.425 e. The monoisotopic (exact) mass is 332 g/mol. The van der Waals surface area contributed by atoms with Crippen molar-refractivity contribution >= 4 is 17.4 Å². The van der Waals surface area contributed by atoms with Crippen molar-refractivity contribution in [2.45, 2.75) is 33.2 Å². The Kier molecular flexibility index (Phi) is 4.68. The van der Waals surface area contributed by atoms with E-state index in [1.54, 1.807) is 4.52 Å². The maximum absolute atomic E-state index is 6.22. The third kappa shape index (κ3) is 3.26. The van der Waals surface area contributed by atoms with Crippen LogP contribution in [0.5, 0.6) is 0 Å². The number of hydrogen-bond donors (Lipinski definition) is 0. The van der Waals surface area contributed by atoms with Crippen LogP contribution in [0.25, 0.3) is 17.2 Å². The summed E-state index contributed by atoms with van der Waals surface area (Å²) < 4.78 is 7.65. The summed E-state index contributed by atoms with van der Waals surface area (Å²) in [7, 11) is 2.10. The molecule has 3 rings (SSSR count). The lowest BCUT2D eigenvalue weighted by Crippen LogP contribution is -2.19. The number of fused-ring (bicyclic) bond motifs is 1. The van der Waals surface area contributed by atoms with Gasteiger partial charge in [-0.25, -0.2) is 0 Å². The fraction of sp³-hybridized carbons (Fsp3) is 0.412. The zero-order chi connectivity index (χ0) is 16.4. The molecule has 6 heteroatoms. The van der Waals surface area contributed by atoms with E-state index in [1.165, 1.54) is 12.8 Å². The first-order chi connectivity index (χ1) is 11.1. The van der Waals surface area contributed by atoms with Gasteiger partial charge in [0.2, 0.25) is 0 Å². The molecule has 2 heterocycles. The number of halogens is 1. The van der Waals surface area contributed by atoms with Crippen LogP contribution < -0.4 is 0 Å². The van der Waals surface area contributed by atoms with Gasteiger partial charge in [0.25, 0.3) is 0 Å². The van der Waals surface area contributed by atoms with Crippen LogP contribution in [0.4, 0.5) is 0 Å². The number of aromatic nitrogens is 3. The number of unbranched alkanes of at least 4 members (excludes halogenated alkanes) is 1. The first-order valence-electron chi connectivity index (χ1n) is 7.88. The number of benzene rings is 1. The normalized spacial score (nSPS) is 11.7. The van der Waals surface area contributed by atoms with Crippen molar-refractivity contribution in [3.63, 3.8) is 0 Å². The summed E-state index contributed by atoms with van der Waals surface area (Å²) >= 11 is 6.22. The highest BCUT2D eigenvalue weighted by Gasteiger charge is 2.18. The summed E-state index contributed by atoms with van der Waals surface area (Å²) in [6, 6.07) is 7.55. The molecule has 0 saturated heterocycles. The zero-order valence-corrected chi connectivity index (χ0v) is 14.5. The van der Waals surface area contributed by atoms with Gasteiger partial charge in [-0.2, -0.15) is 9.50 Å². The van der Waals surface area contributed by atoms with Crippen molar-refractivity contribution in [3.05, 3.63) is 40.7 Å². The second-order valence-electron chi connectivity index (χ2n) is 5.81. The molecule has 0 fully saturated rings. The number of nitrogens with zero attached hydrogens (tertiary/aromatic N) is 4. The molecule has 1 aromatic carbocycles. The standard InChI is InChI=1S/C17H21ClN4O/c1-4-5-10-21(3)11-15-12(2)22-17(23-15)19-16(20-22)13-8-6-7-9-14(13)18/h6-9H,4-5,10-11H2,1-3H3. The summed E-state index contributed by atoms with van der Waals surface area (Å²) in [5, 5.41) is 5.18. The van der Waals surface area contributed by atoms with Gasteiger partial charge in [0.15, 0.2) is 5.82 Å². The highest BCUT2D eigenvalue weighted by atomic mass is 35.5. The Balaban J connectivity index is 1.87. The van der Waals surface area contributed by atoms with Gasteiger partial charge in [0.1, 0.15) is 5.76 Å². The van der Waals surface area contributed by atoms with Crippen molar-refractivity contribution in [2.75, 3.05) is 13.6 Å². The van der Waals surface area contributed by atoms with Crippen LogP contribution in [0.2, 0.25) is 5.02 Å². The predicted octanol–water partition coefficient (Wildman–Crippen LogP) is 4.18. The molecule has 2 aromatic heterocycles. The van der Waals surface area contributed by atoms with Crippen molar-refractivity contribution in [3.8, 4) is 11.4 Å². The van der Waals surface area contributed by atoms with Crippen molar-refractivity contribution in [1.29, 1.82) is 0 Å². The number of aryl methyl sites for hydroxylation is 1. The molecular formula is C17H21ClN4O. The Morgan fingerprint density at radius 1 is 1.30 bits per heavy atom. The van der Waals surface area contributed by atoms with E-state index < -0.39 is 0 Å². The van der Waals surface area contributed by atoms with Gasteiger partial charge in [-0.3, -0.25) is 4.90 Å². The second kappa shape index (κ2) is 6.72. The van der Waals surface area contributed by atoms with Crippen LogP contribution >= 0.6 is 11.6 Å². The molecule has 0 aliphatic carbocycles. The van der Waals surface area contributed by atoms with E-state index >= 15 is 0 Å². The fourth-order valence-corrected chi connectivity index (χ4v) is 2.76. The van der Waals surface area contributed by atoms with E-state index in [1.807, 2.05) is 31.2 Å². The van der Waals surface area contributed by atoms with Crippen molar-refractivity contribution in [1.82, 2.24) is 19.5 Å². The minimum absolute atomic E-state index is 0.510. The minimum atomic E-state index is 0.510. The molecule has 0 spiro atoms. The SMILES string of the molecule is CCCCN(C)Cc1oc2nc(-c3ccccc3Cl)nn2c1C. The Hall–Kier alpha value is -1.85. The lowest BCUT2D eigenvalue weighted by molar-refractivity contribution is 0.293. The average molecular weight is 333 g/mol. The van der Waals surface area contributed by atoms with Gasteiger partial charge >= 0.3 is 5.84 Å². The van der Waals surface area contributed by atoms with Gasteiger partial charge < -0.3 is 4.42 Å². The molecule has 0 bridgehead atoms. The molecule has 0 radical (unpaired) electrons. The predicted molar refractivity (Wildman–Crippen MR) is 91.7 cm³/mol. The topological polar surface area (TPSA) is 46.6 Å². The Morgan fingerprint density at radius 2 is 2.09 bits per heavy atom. The van der Waals surface area contributed by atoms with Gasteiger partial charge in [-0.05, 0) is 39.1 Å². The molecule has 5 nitrogen and oxygen atoms in total. The van der Waals surface area contributed by atoms with Crippen LogP contribution in [-0.4, -0.2) is 33.1 Å². The van der Waals surface area contributed by atoms with Crippen LogP contribution in [0.1, 0.15) is 31.2 Å². The molecule has 0 amide bonds. The molecule has 0 aliphatic heterocycles. The molecule has 23 heavy (non-hydrogen) atoms. The first kappa shape index (κ1) is 16.0. The van der Waals surface area contributed by atoms with E-state index in [0.29, 0.717) is 16.7 Å². The van der Waals surface area contributed by atoms with Gasteiger partial charge in [0, 0.05) is 5.56 Å². The molecule has 0 N–H and O–H groups in total. The van der Waals surface area contributed by atoms with Crippen molar-refractivity contribution in [2.24, 2.45) is 0 Å². The van der Waals surface area contributed by atoms with Gasteiger partial charge in [-0.1, -0.05) is 37.1 Å². The van der Waals surface area contributed by atoms with Crippen LogP contribution in [-0.2, 0) is 6.54 Å². The van der Waals surface area contributed by atoms with Gasteiger partial charge in [-0.15, -0.1) is 5.10 Å². The summed E-state index contributed by atoms with van der Waals surface area (Å²) in [6.07, 6.45) is 2.37. The molecule has 122 valence electrons. The zero-order valence-electron chi connectivity index (χ0n) is 13.7. The lowest BCUT2D eigenvalue weighted by atomic mass is 10.2. The van der Waals surface area contributed by atoms with E-state index in [0.717, 1.165) is 30.1 Å². The number of hydrogen-bond acceptors (Lipinski definition) is 4. The fourth-order valence-electron chi connectivity index (χ4n) is 2.54. The summed E-state index contributed by atoms with van der Waals surface area (Å²) in [4.78, 5) is 6.73. The van der Waals surface area contributed by atoms with Crippen LogP contribution in [0.3, 0.4) is 0 Å². The lowest BCUT2D eigenvalue weighted by Gasteiger charge is -2.14. The number of rotatable bonds is 6. The summed E-state index contributed by atoms with van der Waals surface area (Å²) in [6.45, 7) is 6.01. The van der Waals surface area contributed by atoms with E-state index in [4.69, 9.17) is 16.0 Å². The minimum Gasteiger partial charge on any atom is -0.425 e. The third-order valence-corrected chi connectivity index (χ3v) is 4.26. The van der Waals surface area contributed by atoms with E-state index in [2.05, 4.69) is 29.0 Å². The first-order valence-corrected chi connectivity index (χ1v) is 8.26. The summed E-state index contributed by atoms with van der Waals surface area (Å²) in [5.74, 6) is 2.00. The second-order valence-corrected chi connectivity index (χ2v) is 6.22. The number of oxazole rings is 1. The van der Waals surface area contributed by atoms with E-state index in [9.17, 15) is 0 Å². The quantitative estimate of drug-likeness (QED) is 0.679. The smallest absolute Gasteiger partial charge is 0.325 e. The van der Waals surface area contributed by atoms with Crippen LogP contribution in [0.15, 0.2) is 28.7 Å². The molecule has 0 unspecified atom stereocenters. The van der Waals surface area contributed by atoms with Crippen molar-refractivity contribution < 1.29 is 4.42 Å². The Bertz CT molecular complexity index is 808. The van der Waals surface area contributed by atoms with Crippen LogP contribution in [0, 0.1) is 6.92 Å². The average Bonchev–Trinajstić information content (AvgIpc) is 3.06. The molecule has 0 aliphatic rings. The highest BCUT2D eigenvalue weighted by molar-refractivity contribution is 6.33. The maximum Gasteiger partial charge on any atom is 0.325 e. The summed E-state index contributed by atoms with van der Waals surface area (Å²) in [5.41, 5.74) is 1.79. The van der Waals surface area contributed by atoms with E-state index in [-0.39, 0.29) is 0 Å². The molecule has 0 saturated carbocycles. The molecule has 3 aromatic rings. The Labute approximate surface area is 140 Å². The van der Waals surface area contributed by atoms with Gasteiger partial charge in [0.05, 0.1) is 17.3 Å². The molecule has 0 atom stereocenters. The Morgan fingerprint density at radius 3 is 2.78 bits per heavy atom. The molecular weight excluding hydrogens is 312 g/mol.